The molecule has 0 unspecified atom stereocenters. The molecule has 4 heterocycles. The number of imidazole rings is 1. The third-order valence-corrected chi connectivity index (χ3v) is 6.72. The number of anilines is 1. The van der Waals surface area contributed by atoms with Gasteiger partial charge in [-0.15, -0.1) is 0 Å². The molecule has 25 heavy (non-hydrogen) atoms. The molecular formula is C15H21N7O2S. The molecule has 2 aromatic heterocycles. The van der Waals surface area contributed by atoms with E-state index in [9.17, 15) is 8.42 Å². The van der Waals surface area contributed by atoms with Gasteiger partial charge in [0, 0.05) is 57.7 Å². The van der Waals surface area contributed by atoms with Gasteiger partial charge in [-0.1, -0.05) is 0 Å². The summed E-state index contributed by atoms with van der Waals surface area (Å²) in [6.45, 7) is 3.47. The Morgan fingerprint density at radius 3 is 2.24 bits per heavy atom. The van der Waals surface area contributed by atoms with Crippen LogP contribution in [0.3, 0.4) is 0 Å². The van der Waals surface area contributed by atoms with Crippen LogP contribution in [0.5, 0.6) is 0 Å². The van der Waals surface area contributed by atoms with Crippen LogP contribution in [0.1, 0.15) is 12.8 Å². The number of rotatable bonds is 4. The van der Waals surface area contributed by atoms with Gasteiger partial charge < -0.3 is 4.90 Å². The minimum absolute atomic E-state index is 0.475. The smallest absolute Gasteiger partial charge is 0.282 e. The molecule has 2 aliphatic rings. The van der Waals surface area contributed by atoms with Gasteiger partial charge in [-0.3, -0.25) is 4.57 Å². The molecule has 0 atom stereocenters. The van der Waals surface area contributed by atoms with Crippen molar-refractivity contribution in [2.45, 2.75) is 12.8 Å². The Hall–Kier alpha value is -2.04. The summed E-state index contributed by atoms with van der Waals surface area (Å²) >= 11 is 0. The number of hydrogen-bond donors (Lipinski definition) is 0. The number of nitrogens with zero attached hydrogens (tertiary/aromatic N) is 7. The summed E-state index contributed by atoms with van der Waals surface area (Å²) in [5.41, 5.74) is 0. The zero-order valence-corrected chi connectivity index (χ0v) is 14.7. The molecule has 0 N–H and O–H groups in total. The van der Waals surface area contributed by atoms with Crippen LogP contribution in [0.15, 0.2) is 31.1 Å². The normalized spacial score (nSPS) is 20.2. The predicted molar refractivity (Wildman–Crippen MR) is 92.7 cm³/mol. The second-order valence-corrected chi connectivity index (χ2v) is 8.13. The van der Waals surface area contributed by atoms with Crippen LogP contribution >= 0.6 is 0 Å². The van der Waals surface area contributed by atoms with E-state index in [-0.39, 0.29) is 0 Å². The lowest BCUT2D eigenvalue weighted by atomic mass is 10.3. The first kappa shape index (κ1) is 16.4. The van der Waals surface area contributed by atoms with Crippen molar-refractivity contribution in [2.75, 3.05) is 44.2 Å². The fourth-order valence-electron chi connectivity index (χ4n) is 3.28. The van der Waals surface area contributed by atoms with Crippen LogP contribution in [0.4, 0.5) is 5.82 Å². The Morgan fingerprint density at radius 1 is 0.880 bits per heavy atom. The SMILES string of the molecule is O=S(=O)(N1CCCC1)N1CCN(c2cc(-n3ccnc3)ncn2)CC1. The molecule has 0 bridgehead atoms. The maximum Gasteiger partial charge on any atom is 0.282 e. The van der Waals surface area contributed by atoms with Crippen molar-refractivity contribution in [2.24, 2.45) is 0 Å². The third-order valence-electron chi connectivity index (χ3n) is 4.69. The third kappa shape index (κ3) is 3.24. The summed E-state index contributed by atoms with van der Waals surface area (Å²) in [4.78, 5) is 14.7. The largest absolute Gasteiger partial charge is 0.354 e. The Balaban J connectivity index is 1.44. The highest BCUT2D eigenvalue weighted by molar-refractivity contribution is 7.86. The van der Waals surface area contributed by atoms with Crippen molar-refractivity contribution in [3.8, 4) is 5.82 Å². The van der Waals surface area contributed by atoms with E-state index in [4.69, 9.17) is 0 Å². The van der Waals surface area contributed by atoms with Crippen molar-refractivity contribution in [1.82, 2.24) is 28.1 Å². The summed E-state index contributed by atoms with van der Waals surface area (Å²) in [6.07, 6.45) is 8.65. The molecule has 0 aromatic carbocycles. The van der Waals surface area contributed by atoms with Crippen LogP contribution in [-0.4, -0.2) is 75.8 Å². The molecule has 0 saturated carbocycles. The monoisotopic (exact) mass is 363 g/mol. The highest BCUT2D eigenvalue weighted by Crippen LogP contribution is 2.20. The van der Waals surface area contributed by atoms with Crippen molar-refractivity contribution in [3.05, 3.63) is 31.1 Å². The van der Waals surface area contributed by atoms with Gasteiger partial charge in [0.05, 0.1) is 0 Å². The van der Waals surface area contributed by atoms with Gasteiger partial charge in [-0.2, -0.15) is 17.0 Å². The Labute approximate surface area is 147 Å². The first-order valence-corrected chi connectivity index (χ1v) is 9.85. The lowest BCUT2D eigenvalue weighted by Crippen LogP contribution is -2.52. The lowest BCUT2D eigenvalue weighted by Gasteiger charge is -2.36. The van der Waals surface area contributed by atoms with Crippen LogP contribution in [0, 0.1) is 0 Å². The molecule has 0 aliphatic carbocycles. The van der Waals surface area contributed by atoms with Crippen molar-refractivity contribution in [1.29, 1.82) is 0 Å². The average Bonchev–Trinajstić information content (AvgIpc) is 3.36. The van der Waals surface area contributed by atoms with Gasteiger partial charge in [0.25, 0.3) is 10.2 Å². The summed E-state index contributed by atoms with van der Waals surface area (Å²) in [7, 11) is -3.32. The average molecular weight is 363 g/mol. The van der Waals surface area contributed by atoms with Gasteiger partial charge in [-0.25, -0.2) is 15.0 Å². The Morgan fingerprint density at radius 2 is 1.56 bits per heavy atom. The fourth-order valence-corrected chi connectivity index (χ4v) is 4.95. The van der Waals surface area contributed by atoms with Crippen LogP contribution in [-0.2, 0) is 10.2 Å². The predicted octanol–water partition coefficient (Wildman–Crippen LogP) is 0.125. The minimum Gasteiger partial charge on any atom is -0.354 e. The quantitative estimate of drug-likeness (QED) is 0.767. The van der Waals surface area contributed by atoms with E-state index in [0.29, 0.717) is 39.3 Å². The molecule has 10 heteroatoms. The highest BCUT2D eigenvalue weighted by Gasteiger charge is 2.33. The lowest BCUT2D eigenvalue weighted by molar-refractivity contribution is 0.343. The second-order valence-electron chi connectivity index (χ2n) is 6.20. The zero-order valence-electron chi connectivity index (χ0n) is 13.9. The van der Waals surface area contributed by atoms with Crippen LogP contribution in [0.2, 0.25) is 0 Å². The summed E-state index contributed by atoms with van der Waals surface area (Å²) in [6, 6.07) is 1.90. The number of piperazine rings is 1. The number of aromatic nitrogens is 4. The van der Waals surface area contributed by atoms with E-state index in [2.05, 4.69) is 19.9 Å². The van der Waals surface area contributed by atoms with Crippen LogP contribution < -0.4 is 4.90 Å². The molecule has 2 aliphatic heterocycles. The first-order valence-electron chi connectivity index (χ1n) is 8.45. The van der Waals surface area contributed by atoms with Crippen molar-refractivity contribution < 1.29 is 8.42 Å². The molecule has 0 amide bonds. The zero-order chi connectivity index (χ0) is 17.3. The Bertz CT molecular complexity index is 810. The summed E-state index contributed by atoms with van der Waals surface area (Å²) in [5.74, 6) is 1.55. The second kappa shape index (κ2) is 6.70. The van der Waals surface area contributed by atoms with E-state index < -0.39 is 10.2 Å². The maximum atomic E-state index is 12.6. The van der Waals surface area contributed by atoms with E-state index in [1.54, 1.807) is 21.1 Å². The topological polar surface area (TPSA) is 87.5 Å². The molecular weight excluding hydrogens is 342 g/mol. The number of hydrogen-bond acceptors (Lipinski definition) is 6. The van der Waals surface area contributed by atoms with Gasteiger partial charge in [-0.05, 0) is 12.8 Å². The molecule has 0 spiro atoms. The van der Waals surface area contributed by atoms with E-state index in [0.717, 1.165) is 24.5 Å². The van der Waals surface area contributed by atoms with E-state index in [1.807, 2.05) is 16.8 Å². The highest BCUT2D eigenvalue weighted by atomic mass is 32.2. The van der Waals surface area contributed by atoms with Gasteiger partial charge in [0.1, 0.15) is 24.3 Å². The fraction of sp³-hybridized carbons (Fsp3) is 0.533. The van der Waals surface area contributed by atoms with Crippen molar-refractivity contribution >= 4 is 16.0 Å². The molecule has 4 rings (SSSR count). The Kier molecular flexibility index (Phi) is 4.40. The van der Waals surface area contributed by atoms with Crippen LogP contribution in [0.25, 0.3) is 5.82 Å². The summed E-state index contributed by atoms with van der Waals surface area (Å²) < 4.78 is 30.3. The molecule has 0 radical (unpaired) electrons. The summed E-state index contributed by atoms with van der Waals surface area (Å²) in [5, 5.41) is 0. The maximum absolute atomic E-state index is 12.6. The molecule has 2 aromatic rings. The van der Waals surface area contributed by atoms with Gasteiger partial charge >= 0.3 is 0 Å². The van der Waals surface area contributed by atoms with Crippen molar-refractivity contribution in [3.63, 3.8) is 0 Å². The molecule has 2 saturated heterocycles. The minimum atomic E-state index is -3.32. The van der Waals surface area contributed by atoms with E-state index in [1.165, 1.54) is 6.33 Å². The molecule has 2 fully saturated rings. The van der Waals surface area contributed by atoms with Gasteiger partial charge in [0.15, 0.2) is 0 Å². The standard InChI is InChI=1S/C15H21N7O2S/c23-25(24,21-4-1-2-5-21)22-9-7-19(8-10-22)14-11-15(18-12-17-14)20-6-3-16-13-20/h3,6,11-13H,1-2,4-5,7-10H2. The van der Waals surface area contributed by atoms with E-state index >= 15 is 0 Å². The molecule has 9 nitrogen and oxygen atoms in total. The molecule has 134 valence electrons. The van der Waals surface area contributed by atoms with Gasteiger partial charge in [0.2, 0.25) is 0 Å². The first-order chi connectivity index (χ1) is 12.1.